The number of carbonyl (C=O) groups excluding carboxylic acids is 2. The molecule has 2 aromatic rings. The van der Waals surface area contributed by atoms with Gasteiger partial charge in [-0.15, -0.1) is 0 Å². The third kappa shape index (κ3) is 4.64. The Labute approximate surface area is 206 Å². The van der Waals surface area contributed by atoms with Gasteiger partial charge in [-0.3, -0.25) is 9.59 Å². The normalized spacial score (nSPS) is 19.8. The minimum atomic E-state index is -0.948. The highest BCUT2D eigenvalue weighted by Crippen LogP contribution is 2.44. The Morgan fingerprint density at radius 1 is 1.09 bits per heavy atom. The first-order chi connectivity index (χ1) is 16.8. The maximum absolute atomic E-state index is 13.3. The van der Waals surface area contributed by atoms with E-state index in [1.807, 2.05) is 45.0 Å². The van der Waals surface area contributed by atoms with E-state index in [0.29, 0.717) is 25.8 Å². The molecule has 1 aliphatic carbocycles. The first-order valence-electron chi connectivity index (χ1n) is 12.4. The molecule has 1 fully saturated rings. The van der Waals surface area contributed by atoms with Crippen LogP contribution in [0, 0.1) is 11.3 Å². The second-order valence-corrected chi connectivity index (χ2v) is 9.94. The Morgan fingerprint density at radius 2 is 1.69 bits per heavy atom. The largest absolute Gasteiger partial charge is 0.481 e. The van der Waals surface area contributed by atoms with Crippen molar-refractivity contribution in [2.45, 2.75) is 52.0 Å². The maximum atomic E-state index is 13.3. The van der Waals surface area contributed by atoms with Crippen LogP contribution < -0.4 is 5.32 Å². The number of ether oxygens (including phenoxy) is 1. The summed E-state index contributed by atoms with van der Waals surface area (Å²) in [7, 11) is 0. The minimum Gasteiger partial charge on any atom is -0.481 e. The molecule has 2 unspecified atom stereocenters. The number of aliphatic carboxylic acids is 1. The number of carbonyl (C=O) groups is 3. The van der Waals surface area contributed by atoms with Gasteiger partial charge in [0.1, 0.15) is 12.6 Å². The monoisotopic (exact) mass is 478 g/mol. The molecular weight excluding hydrogens is 444 g/mol. The summed E-state index contributed by atoms with van der Waals surface area (Å²) in [6.07, 6.45) is 0.935. The van der Waals surface area contributed by atoms with Crippen molar-refractivity contribution in [2.24, 2.45) is 11.3 Å². The van der Waals surface area contributed by atoms with E-state index in [-0.39, 0.29) is 30.9 Å². The van der Waals surface area contributed by atoms with Gasteiger partial charge in [0, 0.05) is 19.0 Å². The van der Waals surface area contributed by atoms with E-state index < -0.39 is 23.5 Å². The lowest BCUT2D eigenvalue weighted by molar-refractivity contribution is -0.151. The van der Waals surface area contributed by atoms with E-state index in [9.17, 15) is 19.5 Å². The summed E-state index contributed by atoms with van der Waals surface area (Å²) in [6, 6.07) is 15.5. The average Bonchev–Trinajstić information content (AvgIpc) is 3.43. The Hall–Kier alpha value is -3.35. The molecule has 0 spiro atoms. The van der Waals surface area contributed by atoms with Crippen molar-refractivity contribution in [2.75, 3.05) is 19.7 Å². The molecule has 186 valence electrons. The predicted molar refractivity (Wildman–Crippen MR) is 133 cm³/mol. The van der Waals surface area contributed by atoms with Gasteiger partial charge < -0.3 is 20.1 Å². The molecule has 2 N–H and O–H groups in total. The molecule has 1 aliphatic heterocycles. The highest BCUT2D eigenvalue weighted by molar-refractivity contribution is 5.87. The number of amides is 2. The lowest BCUT2D eigenvalue weighted by Crippen LogP contribution is -2.49. The molecule has 2 atom stereocenters. The summed E-state index contributed by atoms with van der Waals surface area (Å²) < 4.78 is 5.63. The molecule has 7 nitrogen and oxygen atoms in total. The van der Waals surface area contributed by atoms with Crippen molar-refractivity contribution < 1.29 is 24.2 Å². The standard InChI is InChI=1S/C28H34N2O5/c1-4-9-24(25(31)30-15-14-28(17-30,18(2)3)26(32)33)29-27(34)35-16-23-21-12-7-5-10-19(21)20-11-6-8-13-22(20)23/h5-8,10-13,18,23-24H,4,9,14-17H2,1-3H3,(H,29,34)(H,32,33). The van der Waals surface area contributed by atoms with Crippen LogP contribution in [0.4, 0.5) is 4.79 Å². The number of hydrogen-bond acceptors (Lipinski definition) is 4. The molecule has 7 heteroatoms. The number of carboxylic acids is 1. The van der Waals surface area contributed by atoms with E-state index >= 15 is 0 Å². The highest BCUT2D eigenvalue weighted by Gasteiger charge is 2.49. The fraction of sp³-hybridized carbons (Fsp3) is 0.464. The number of nitrogens with zero attached hydrogens (tertiary/aromatic N) is 1. The van der Waals surface area contributed by atoms with Gasteiger partial charge in [-0.1, -0.05) is 75.7 Å². The summed E-state index contributed by atoms with van der Waals surface area (Å²) in [6.45, 7) is 6.40. The first kappa shape index (κ1) is 24.8. The van der Waals surface area contributed by atoms with Crippen LogP contribution in [-0.2, 0) is 14.3 Å². The van der Waals surface area contributed by atoms with Crippen molar-refractivity contribution in [1.29, 1.82) is 0 Å². The third-order valence-corrected chi connectivity index (χ3v) is 7.65. The van der Waals surface area contributed by atoms with E-state index in [2.05, 4.69) is 29.6 Å². The first-order valence-corrected chi connectivity index (χ1v) is 12.4. The molecule has 4 rings (SSSR count). The van der Waals surface area contributed by atoms with Crippen LogP contribution in [0.25, 0.3) is 11.1 Å². The van der Waals surface area contributed by atoms with Gasteiger partial charge in [0.05, 0.1) is 5.41 Å². The molecule has 2 amide bonds. The fourth-order valence-electron chi connectivity index (χ4n) is 5.46. The van der Waals surface area contributed by atoms with Gasteiger partial charge in [-0.25, -0.2) is 4.79 Å². The topological polar surface area (TPSA) is 95.9 Å². The Morgan fingerprint density at radius 3 is 2.20 bits per heavy atom. The number of likely N-dealkylation sites (tertiary alicyclic amines) is 1. The van der Waals surface area contributed by atoms with Crippen molar-refractivity contribution in [3.8, 4) is 11.1 Å². The Balaban J connectivity index is 1.41. The van der Waals surface area contributed by atoms with Crippen LogP contribution in [0.15, 0.2) is 48.5 Å². The van der Waals surface area contributed by atoms with Gasteiger partial charge in [-0.05, 0) is 41.0 Å². The average molecular weight is 479 g/mol. The van der Waals surface area contributed by atoms with Gasteiger partial charge >= 0.3 is 12.1 Å². The maximum Gasteiger partial charge on any atom is 0.407 e. The number of fused-ring (bicyclic) bond motifs is 3. The van der Waals surface area contributed by atoms with Crippen molar-refractivity contribution in [3.63, 3.8) is 0 Å². The molecule has 0 saturated carbocycles. The second-order valence-electron chi connectivity index (χ2n) is 9.94. The Bertz CT molecular complexity index is 1070. The van der Waals surface area contributed by atoms with Crippen molar-refractivity contribution >= 4 is 18.0 Å². The summed E-state index contributed by atoms with van der Waals surface area (Å²) >= 11 is 0. The van der Waals surface area contributed by atoms with Crippen LogP contribution in [0.2, 0.25) is 0 Å². The SMILES string of the molecule is CCCC(NC(=O)OCC1c2ccccc2-c2ccccc21)C(=O)N1CCC(C(=O)O)(C(C)C)C1. The number of rotatable bonds is 8. The smallest absolute Gasteiger partial charge is 0.407 e. The number of hydrogen-bond donors (Lipinski definition) is 2. The Kier molecular flexibility index (Phi) is 7.15. The van der Waals surface area contributed by atoms with Gasteiger partial charge in [0.2, 0.25) is 5.91 Å². The van der Waals surface area contributed by atoms with Crippen LogP contribution >= 0.6 is 0 Å². The zero-order chi connectivity index (χ0) is 25.2. The summed E-state index contributed by atoms with van der Waals surface area (Å²) in [4.78, 5) is 39.6. The molecule has 2 aliphatic rings. The van der Waals surface area contributed by atoms with E-state index in [1.54, 1.807) is 4.90 Å². The molecule has 0 bridgehead atoms. The number of benzene rings is 2. The fourth-order valence-corrected chi connectivity index (χ4v) is 5.46. The number of alkyl carbamates (subject to hydrolysis) is 1. The number of nitrogens with one attached hydrogen (secondary N) is 1. The minimum absolute atomic E-state index is 0.0608. The molecule has 0 aromatic heterocycles. The summed E-state index contributed by atoms with van der Waals surface area (Å²) in [5.41, 5.74) is 3.60. The molecule has 0 radical (unpaired) electrons. The zero-order valence-corrected chi connectivity index (χ0v) is 20.6. The van der Waals surface area contributed by atoms with Crippen LogP contribution in [-0.4, -0.2) is 53.7 Å². The highest BCUT2D eigenvalue weighted by atomic mass is 16.5. The molecule has 1 saturated heterocycles. The van der Waals surface area contributed by atoms with Gasteiger partial charge in [0.15, 0.2) is 0 Å². The quantitative estimate of drug-likeness (QED) is 0.576. The molecule has 35 heavy (non-hydrogen) atoms. The van der Waals surface area contributed by atoms with Crippen LogP contribution in [0.5, 0.6) is 0 Å². The third-order valence-electron chi connectivity index (χ3n) is 7.65. The predicted octanol–water partition coefficient (Wildman–Crippen LogP) is 4.65. The lowest BCUT2D eigenvalue weighted by atomic mass is 9.76. The molecule has 1 heterocycles. The summed E-state index contributed by atoms with van der Waals surface area (Å²) in [5.74, 6) is -1.28. The summed E-state index contributed by atoms with van der Waals surface area (Å²) in [5, 5.41) is 12.6. The zero-order valence-electron chi connectivity index (χ0n) is 20.6. The van der Waals surface area contributed by atoms with E-state index in [4.69, 9.17) is 4.74 Å². The van der Waals surface area contributed by atoms with Crippen LogP contribution in [0.1, 0.15) is 57.1 Å². The van der Waals surface area contributed by atoms with Crippen molar-refractivity contribution in [3.05, 3.63) is 59.7 Å². The second kappa shape index (κ2) is 10.1. The van der Waals surface area contributed by atoms with E-state index in [0.717, 1.165) is 22.3 Å². The van der Waals surface area contributed by atoms with Crippen molar-refractivity contribution in [1.82, 2.24) is 10.2 Å². The lowest BCUT2D eigenvalue weighted by Gasteiger charge is -2.30. The molecular formula is C28H34N2O5. The molecule has 2 aromatic carbocycles. The van der Waals surface area contributed by atoms with E-state index in [1.165, 1.54) is 0 Å². The van der Waals surface area contributed by atoms with Gasteiger partial charge in [0.25, 0.3) is 0 Å². The van der Waals surface area contributed by atoms with Gasteiger partial charge in [-0.2, -0.15) is 0 Å². The van der Waals surface area contributed by atoms with Crippen LogP contribution in [0.3, 0.4) is 0 Å². The number of carboxylic acid groups (broad SMARTS) is 1.